The second-order valence-corrected chi connectivity index (χ2v) is 2.64. The Balaban J connectivity index is 2.47. The average Bonchev–Trinajstić information content (AvgIpc) is 2.47. The van der Waals surface area contributed by atoms with Gasteiger partial charge in [0.2, 0.25) is 0 Å². The second kappa shape index (κ2) is 2.93. The minimum atomic E-state index is -0.367. The standard InChI is InChI=1S/C9H9FN2/c10-5-6-12-7-8-3-1-2-4-9(8)11-12/h1-4,7H,5-6H2. The lowest BCUT2D eigenvalue weighted by molar-refractivity contribution is 0.428. The van der Waals surface area contributed by atoms with Gasteiger partial charge >= 0.3 is 0 Å². The predicted molar refractivity (Wildman–Crippen MR) is 45.7 cm³/mol. The van der Waals surface area contributed by atoms with Gasteiger partial charge in [0, 0.05) is 11.6 Å². The second-order valence-electron chi connectivity index (χ2n) is 2.64. The Kier molecular flexibility index (Phi) is 1.78. The first kappa shape index (κ1) is 7.28. The van der Waals surface area contributed by atoms with E-state index in [0.717, 1.165) is 10.9 Å². The van der Waals surface area contributed by atoms with Crippen LogP contribution in [0.1, 0.15) is 0 Å². The van der Waals surface area contributed by atoms with E-state index in [4.69, 9.17) is 0 Å². The van der Waals surface area contributed by atoms with Gasteiger partial charge in [-0.25, -0.2) is 4.39 Å². The molecule has 1 aromatic heterocycles. The molecule has 0 amide bonds. The van der Waals surface area contributed by atoms with Crippen molar-refractivity contribution in [3.63, 3.8) is 0 Å². The van der Waals surface area contributed by atoms with Gasteiger partial charge in [0.05, 0.1) is 12.1 Å². The Morgan fingerprint density at radius 2 is 2.17 bits per heavy atom. The van der Waals surface area contributed by atoms with E-state index >= 15 is 0 Å². The molecule has 0 aliphatic carbocycles. The smallest absolute Gasteiger partial charge is 0.109 e. The van der Waals surface area contributed by atoms with E-state index in [2.05, 4.69) is 5.10 Å². The summed E-state index contributed by atoms with van der Waals surface area (Å²) in [7, 11) is 0. The Morgan fingerprint density at radius 3 is 2.92 bits per heavy atom. The number of hydrogen-bond donors (Lipinski definition) is 0. The first-order valence-corrected chi connectivity index (χ1v) is 3.88. The molecule has 2 rings (SSSR count). The summed E-state index contributed by atoms with van der Waals surface area (Å²) >= 11 is 0. The maximum absolute atomic E-state index is 11.9. The van der Waals surface area contributed by atoms with Gasteiger partial charge in [-0.2, -0.15) is 5.10 Å². The van der Waals surface area contributed by atoms with Gasteiger partial charge in [-0.15, -0.1) is 0 Å². The zero-order chi connectivity index (χ0) is 8.39. The summed E-state index contributed by atoms with van der Waals surface area (Å²) in [5.41, 5.74) is 0.922. The van der Waals surface area contributed by atoms with Crippen molar-refractivity contribution in [2.75, 3.05) is 6.67 Å². The van der Waals surface area contributed by atoms with Crippen LogP contribution in [-0.4, -0.2) is 16.5 Å². The monoisotopic (exact) mass is 164 g/mol. The van der Waals surface area contributed by atoms with Crippen LogP contribution in [0.2, 0.25) is 0 Å². The van der Waals surface area contributed by atoms with Crippen molar-refractivity contribution in [2.24, 2.45) is 0 Å². The molecule has 1 heterocycles. The fraction of sp³-hybridized carbons (Fsp3) is 0.222. The van der Waals surface area contributed by atoms with Crippen LogP contribution < -0.4 is 0 Å². The summed E-state index contributed by atoms with van der Waals surface area (Å²) in [5.74, 6) is 0. The molecule has 0 saturated carbocycles. The Bertz CT molecular complexity index is 348. The van der Waals surface area contributed by atoms with Crippen molar-refractivity contribution in [1.82, 2.24) is 9.78 Å². The summed E-state index contributed by atoms with van der Waals surface area (Å²) in [6, 6.07) is 7.76. The molecule has 2 aromatic rings. The lowest BCUT2D eigenvalue weighted by atomic mass is 10.3. The van der Waals surface area contributed by atoms with Crippen LogP contribution in [0.4, 0.5) is 4.39 Å². The van der Waals surface area contributed by atoms with E-state index in [0.29, 0.717) is 6.54 Å². The Hall–Kier alpha value is -1.38. The van der Waals surface area contributed by atoms with Gasteiger partial charge in [-0.1, -0.05) is 18.2 Å². The normalized spacial score (nSPS) is 10.8. The Morgan fingerprint density at radius 1 is 1.33 bits per heavy atom. The third-order valence-corrected chi connectivity index (χ3v) is 1.77. The molecule has 0 unspecified atom stereocenters. The van der Waals surface area contributed by atoms with E-state index in [-0.39, 0.29) is 6.67 Å². The maximum atomic E-state index is 11.9. The van der Waals surface area contributed by atoms with Crippen LogP contribution in [0.25, 0.3) is 10.9 Å². The van der Waals surface area contributed by atoms with E-state index in [1.807, 2.05) is 30.5 Å². The van der Waals surface area contributed by atoms with E-state index < -0.39 is 0 Å². The molecule has 2 nitrogen and oxygen atoms in total. The quantitative estimate of drug-likeness (QED) is 0.663. The number of fused-ring (bicyclic) bond motifs is 1. The zero-order valence-corrected chi connectivity index (χ0v) is 6.57. The van der Waals surface area contributed by atoms with Crippen molar-refractivity contribution < 1.29 is 4.39 Å². The number of nitrogens with zero attached hydrogens (tertiary/aromatic N) is 2. The van der Waals surface area contributed by atoms with Gasteiger partial charge in [-0.05, 0) is 6.07 Å². The predicted octanol–water partition coefficient (Wildman–Crippen LogP) is 2.01. The molecule has 0 aliphatic heterocycles. The molecule has 12 heavy (non-hydrogen) atoms. The highest BCUT2D eigenvalue weighted by atomic mass is 19.1. The molecule has 0 N–H and O–H groups in total. The summed E-state index contributed by atoms with van der Waals surface area (Å²) in [6.45, 7) is -0.0251. The molecule has 0 aliphatic rings. The fourth-order valence-electron chi connectivity index (χ4n) is 1.22. The molecule has 1 aromatic carbocycles. The average molecular weight is 164 g/mol. The molecule has 0 bridgehead atoms. The summed E-state index contributed by atoms with van der Waals surface area (Å²) < 4.78 is 13.6. The first-order chi connectivity index (χ1) is 5.90. The number of rotatable bonds is 2. The number of aromatic nitrogens is 2. The SMILES string of the molecule is FCCn1cc2ccccc2n1. The third kappa shape index (κ3) is 1.18. The van der Waals surface area contributed by atoms with E-state index in [1.54, 1.807) is 4.68 Å². The molecular weight excluding hydrogens is 155 g/mol. The molecule has 0 fully saturated rings. The van der Waals surface area contributed by atoms with E-state index in [9.17, 15) is 4.39 Å². The van der Waals surface area contributed by atoms with Gasteiger partial charge in [0.25, 0.3) is 0 Å². The van der Waals surface area contributed by atoms with Gasteiger partial charge < -0.3 is 0 Å². The first-order valence-electron chi connectivity index (χ1n) is 3.88. The van der Waals surface area contributed by atoms with Crippen LogP contribution in [0.15, 0.2) is 30.5 Å². The van der Waals surface area contributed by atoms with Crippen molar-refractivity contribution >= 4 is 10.9 Å². The third-order valence-electron chi connectivity index (χ3n) is 1.77. The van der Waals surface area contributed by atoms with Gasteiger partial charge in [0.15, 0.2) is 0 Å². The summed E-state index contributed by atoms with van der Waals surface area (Å²) in [5, 5.41) is 5.24. The summed E-state index contributed by atoms with van der Waals surface area (Å²) in [4.78, 5) is 0. The van der Waals surface area contributed by atoms with Crippen LogP contribution in [0, 0.1) is 0 Å². The molecule has 3 heteroatoms. The largest absolute Gasteiger partial charge is 0.269 e. The Labute approximate surface area is 69.6 Å². The van der Waals surface area contributed by atoms with Crippen molar-refractivity contribution in [3.05, 3.63) is 30.5 Å². The van der Waals surface area contributed by atoms with Crippen molar-refractivity contribution in [3.8, 4) is 0 Å². The number of alkyl halides is 1. The van der Waals surface area contributed by atoms with Gasteiger partial charge in [-0.3, -0.25) is 4.68 Å². The lowest BCUT2D eigenvalue weighted by Crippen LogP contribution is -1.98. The van der Waals surface area contributed by atoms with E-state index in [1.165, 1.54) is 0 Å². The van der Waals surface area contributed by atoms with Crippen molar-refractivity contribution in [2.45, 2.75) is 6.54 Å². The minimum Gasteiger partial charge on any atom is -0.269 e. The minimum absolute atomic E-state index is 0.342. The molecule has 0 atom stereocenters. The highest BCUT2D eigenvalue weighted by Gasteiger charge is 1.97. The maximum Gasteiger partial charge on any atom is 0.109 e. The fourth-order valence-corrected chi connectivity index (χ4v) is 1.22. The zero-order valence-electron chi connectivity index (χ0n) is 6.57. The molecule has 0 saturated heterocycles. The van der Waals surface area contributed by atoms with Crippen LogP contribution in [0.5, 0.6) is 0 Å². The van der Waals surface area contributed by atoms with Crippen molar-refractivity contribution in [1.29, 1.82) is 0 Å². The molecular formula is C9H9FN2. The number of aryl methyl sites for hydroxylation is 1. The molecule has 0 spiro atoms. The van der Waals surface area contributed by atoms with Crippen LogP contribution >= 0.6 is 0 Å². The number of hydrogen-bond acceptors (Lipinski definition) is 1. The van der Waals surface area contributed by atoms with Crippen LogP contribution in [0.3, 0.4) is 0 Å². The summed E-state index contributed by atoms with van der Waals surface area (Å²) in [6.07, 6.45) is 1.86. The lowest BCUT2D eigenvalue weighted by Gasteiger charge is -1.91. The topological polar surface area (TPSA) is 17.8 Å². The number of benzene rings is 1. The van der Waals surface area contributed by atoms with Gasteiger partial charge in [0.1, 0.15) is 6.67 Å². The highest BCUT2D eigenvalue weighted by molar-refractivity contribution is 5.77. The molecule has 0 radical (unpaired) electrons. The number of halogens is 1. The molecule has 62 valence electrons. The highest BCUT2D eigenvalue weighted by Crippen LogP contribution is 2.10. The van der Waals surface area contributed by atoms with Crippen LogP contribution in [-0.2, 0) is 6.54 Å².